The van der Waals surface area contributed by atoms with E-state index < -0.39 is 0 Å². The largest absolute Gasteiger partial charge is 0.241 e. The second-order valence-corrected chi connectivity index (χ2v) is 7.33. The minimum atomic E-state index is 0.986. The minimum Gasteiger partial charge on any atom is -0.241 e. The predicted molar refractivity (Wildman–Crippen MR) is 117 cm³/mol. The quantitative estimate of drug-likeness (QED) is 0.490. The van der Waals surface area contributed by atoms with Gasteiger partial charge in [-0.1, -0.05) is 47.6 Å². The van der Waals surface area contributed by atoms with E-state index in [-0.39, 0.29) is 0 Å². The molecule has 0 saturated carbocycles. The van der Waals surface area contributed by atoms with Gasteiger partial charge in [-0.15, -0.1) is 0 Å². The van der Waals surface area contributed by atoms with Crippen molar-refractivity contribution in [3.8, 4) is 5.69 Å². The van der Waals surface area contributed by atoms with Crippen molar-refractivity contribution < 1.29 is 0 Å². The standard InChI is InChI=1S/C25H32N2/c1-7-8-10-23(22(6)21(5)17-19(2)3)12-13-24-18-20(4)11-14-25(24)27-16-9-15-26-27/h7-11,14-18H,12-13H2,1-6H3. The lowest BCUT2D eigenvalue weighted by atomic mass is 9.94. The summed E-state index contributed by atoms with van der Waals surface area (Å²) >= 11 is 0. The van der Waals surface area contributed by atoms with Crippen molar-refractivity contribution in [3.05, 3.63) is 94.4 Å². The number of rotatable bonds is 7. The maximum Gasteiger partial charge on any atom is 0.0677 e. The van der Waals surface area contributed by atoms with E-state index in [1.165, 1.54) is 39.1 Å². The molecule has 0 radical (unpaired) electrons. The van der Waals surface area contributed by atoms with Gasteiger partial charge in [-0.25, -0.2) is 4.68 Å². The first-order valence-electron chi connectivity index (χ1n) is 9.66. The van der Waals surface area contributed by atoms with E-state index in [0.29, 0.717) is 0 Å². The van der Waals surface area contributed by atoms with Crippen LogP contribution in [0, 0.1) is 6.92 Å². The van der Waals surface area contributed by atoms with E-state index in [2.05, 4.69) is 89.1 Å². The molecule has 0 saturated heterocycles. The summed E-state index contributed by atoms with van der Waals surface area (Å²) in [6.07, 6.45) is 14.6. The summed E-state index contributed by atoms with van der Waals surface area (Å²) < 4.78 is 1.96. The van der Waals surface area contributed by atoms with E-state index in [9.17, 15) is 0 Å². The van der Waals surface area contributed by atoms with Crippen molar-refractivity contribution in [2.45, 2.75) is 54.4 Å². The van der Waals surface area contributed by atoms with Gasteiger partial charge in [0, 0.05) is 12.4 Å². The van der Waals surface area contributed by atoms with Crippen LogP contribution < -0.4 is 0 Å². The highest BCUT2D eigenvalue weighted by Gasteiger charge is 2.09. The van der Waals surface area contributed by atoms with Crippen molar-refractivity contribution in [1.82, 2.24) is 9.78 Å². The molecule has 27 heavy (non-hydrogen) atoms. The molecule has 2 aromatic rings. The van der Waals surface area contributed by atoms with Crippen LogP contribution in [0.4, 0.5) is 0 Å². The van der Waals surface area contributed by atoms with Crippen LogP contribution in [-0.4, -0.2) is 9.78 Å². The van der Waals surface area contributed by atoms with Gasteiger partial charge in [-0.3, -0.25) is 0 Å². The van der Waals surface area contributed by atoms with Crippen LogP contribution in [0.2, 0.25) is 0 Å². The third kappa shape index (κ3) is 5.96. The summed E-state index contributed by atoms with van der Waals surface area (Å²) in [4.78, 5) is 0. The SMILES string of the molecule is CC=CC=C(CCc1cc(C)ccc1-n1cccn1)C(C)=C(C)C=C(C)C. The zero-order valence-corrected chi connectivity index (χ0v) is 17.6. The Morgan fingerprint density at radius 3 is 2.56 bits per heavy atom. The fraction of sp³-hybridized carbons (Fsp3) is 0.320. The Labute approximate surface area is 164 Å². The topological polar surface area (TPSA) is 17.8 Å². The van der Waals surface area contributed by atoms with Crippen LogP contribution in [0.3, 0.4) is 0 Å². The molecule has 1 heterocycles. The fourth-order valence-electron chi connectivity index (χ4n) is 3.22. The van der Waals surface area contributed by atoms with E-state index in [1.807, 2.05) is 23.1 Å². The summed E-state index contributed by atoms with van der Waals surface area (Å²) in [6, 6.07) is 8.58. The molecule has 2 heteroatoms. The Bertz CT molecular complexity index is 871. The van der Waals surface area contributed by atoms with Crippen LogP contribution >= 0.6 is 0 Å². The molecule has 0 unspecified atom stereocenters. The van der Waals surface area contributed by atoms with Crippen LogP contribution in [-0.2, 0) is 6.42 Å². The van der Waals surface area contributed by atoms with E-state index in [4.69, 9.17) is 0 Å². The van der Waals surface area contributed by atoms with Gasteiger partial charge in [0.05, 0.1) is 5.69 Å². The van der Waals surface area contributed by atoms with Gasteiger partial charge in [-0.2, -0.15) is 5.10 Å². The predicted octanol–water partition coefficient (Wildman–Crippen LogP) is 6.92. The molecule has 2 nitrogen and oxygen atoms in total. The number of hydrogen-bond donors (Lipinski definition) is 0. The summed E-state index contributed by atoms with van der Waals surface area (Å²) in [5.74, 6) is 0. The molecule has 0 aliphatic carbocycles. The maximum absolute atomic E-state index is 4.42. The molecule has 0 aliphatic heterocycles. The lowest BCUT2D eigenvalue weighted by molar-refractivity contribution is 0.844. The third-order valence-corrected chi connectivity index (χ3v) is 4.72. The van der Waals surface area contributed by atoms with Crippen molar-refractivity contribution in [1.29, 1.82) is 0 Å². The van der Waals surface area contributed by atoms with Gasteiger partial charge in [0.1, 0.15) is 0 Å². The zero-order chi connectivity index (χ0) is 19.8. The average Bonchev–Trinajstić information content (AvgIpc) is 3.15. The minimum absolute atomic E-state index is 0.986. The van der Waals surface area contributed by atoms with E-state index in [0.717, 1.165) is 12.8 Å². The first-order valence-corrected chi connectivity index (χ1v) is 9.66. The van der Waals surface area contributed by atoms with Crippen LogP contribution in [0.1, 0.15) is 52.2 Å². The highest BCUT2D eigenvalue weighted by atomic mass is 15.3. The lowest BCUT2D eigenvalue weighted by Crippen LogP contribution is -2.02. The summed E-state index contributed by atoms with van der Waals surface area (Å²) in [7, 11) is 0. The van der Waals surface area contributed by atoms with Gasteiger partial charge >= 0.3 is 0 Å². The van der Waals surface area contributed by atoms with Gasteiger partial charge in [0.25, 0.3) is 0 Å². The van der Waals surface area contributed by atoms with Gasteiger partial charge in [-0.05, 0) is 88.8 Å². The smallest absolute Gasteiger partial charge is 0.0677 e. The van der Waals surface area contributed by atoms with E-state index >= 15 is 0 Å². The Hall–Kier alpha value is -2.61. The molecule has 0 aliphatic rings. The molecule has 2 rings (SSSR count). The number of aryl methyl sites for hydroxylation is 2. The van der Waals surface area contributed by atoms with Crippen molar-refractivity contribution in [2.75, 3.05) is 0 Å². The molecular weight excluding hydrogens is 328 g/mol. The molecule has 0 spiro atoms. The maximum atomic E-state index is 4.42. The van der Waals surface area contributed by atoms with Crippen LogP contribution in [0.15, 0.2) is 83.3 Å². The lowest BCUT2D eigenvalue weighted by Gasteiger charge is -2.14. The van der Waals surface area contributed by atoms with Crippen molar-refractivity contribution in [2.24, 2.45) is 0 Å². The second-order valence-electron chi connectivity index (χ2n) is 7.33. The van der Waals surface area contributed by atoms with Gasteiger partial charge in [0.2, 0.25) is 0 Å². The number of nitrogens with zero attached hydrogens (tertiary/aromatic N) is 2. The molecule has 142 valence electrons. The average molecular weight is 361 g/mol. The molecular formula is C25H32N2. The molecule has 0 bridgehead atoms. The molecule has 0 atom stereocenters. The van der Waals surface area contributed by atoms with Crippen LogP contribution in [0.5, 0.6) is 0 Å². The Morgan fingerprint density at radius 2 is 1.93 bits per heavy atom. The van der Waals surface area contributed by atoms with Gasteiger partial charge < -0.3 is 0 Å². The zero-order valence-electron chi connectivity index (χ0n) is 17.6. The molecule has 1 aromatic heterocycles. The fourth-order valence-corrected chi connectivity index (χ4v) is 3.22. The number of benzene rings is 1. The molecule has 0 amide bonds. The van der Waals surface area contributed by atoms with Gasteiger partial charge in [0.15, 0.2) is 0 Å². The summed E-state index contributed by atoms with van der Waals surface area (Å²) in [6.45, 7) is 12.9. The summed E-state index contributed by atoms with van der Waals surface area (Å²) in [5.41, 5.74) is 9.20. The van der Waals surface area contributed by atoms with Crippen LogP contribution in [0.25, 0.3) is 5.69 Å². The Morgan fingerprint density at radius 1 is 1.15 bits per heavy atom. The second kappa shape index (κ2) is 9.91. The third-order valence-electron chi connectivity index (χ3n) is 4.72. The first-order chi connectivity index (χ1) is 12.9. The van der Waals surface area contributed by atoms with E-state index in [1.54, 1.807) is 0 Å². The highest BCUT2D eigenvalue weighted by Crippen LogP contribution is 2.24. The Kier molecular flexibility index (Phi) is 7.60. The monoisotopic (exact) mass is 360 g/mol. The number of aromatic nitrogens is 2. The molecule has 0 fully saturated rings. The number of allylic oxidation sites excluding steroid dienone is 8. The van der Waals surface area contributed by atoms with Crippen molar-refractivity contribution >= 4 is 0 Å². The first kappa shape index (κ1) is 20.7. The number of hydrogen-bond acceptors (Lipinski definition) is 1. The Balaban J connectivity index is 2.34. The summed E-state index contributed by atoms with van der Waals surface area (Å²) in [5, 5.41) is 4.42. The normalized spacial score (nSPS) is 13.0. The molecule has 0 N–H and O–H groups in total. The highest BCUT2D eigenvalue weighted by molar-refractivity contribution is 5.45. The molecule has 1 aromatic carbocycles. The van der Waals surface area contributed by atoms with Crippen molar-refractivity contribution in [3.63, 3.8) is 0 Å².